The van der Waals surface area contributed by atoms with Crippen molar-refractivity contribution >= 4 is 34.1 Å². The van der Waals surface area contributed by atoms with Crippen LogP contribution in [0.1, 0.15) is 18.1 Å². The van der Waals surface area contributed by atoms with Gasteiger partial charge in [-0.05, 0) is 24.5 Å². The van der Waals surface area contributed by atoms with Gasteiger partial charge in [0, 0.05) is 19.6 Å². The third-order valence-electron chi connectivity index (χ3n) is 3.87. The minimum absolute atomic E-state index is 0.158. The van der Waals surface area contributed by atoms with Crippen molar-refractivity contribution in [2.24, 2.45) is 0 Å². The maximum atomic E-state index is 12.7. The molecular formula is C17H20N4OS2. The van der Waals surface area contributed by atoms with E-state index in [1.54, 1.807) is 6.08 Å². The van der Waals surface area contributed by atoms with Crippen LogP contribution in [0, 0.1) is 0 Å². The van der Waals surface area contributed by atoms with Gasteiger partial charge in [-0.25, -0.2) is 0 Å². The van der Waals surface area contributed by atoms with Gasteiger partial charge in [-0.2, -0.15) is 0 Å². The average molecular weight is 361 g/mol. The normalized spacial score (nSPS) is 14.8. The minimum atomic E-state index is -0.171. The fourth-order valence-corrected chi connectivity index (χ4v) is 4.62. The molecule has 1 aromatic carbocycles. The second-order valence-electron chi connectivity index (χ2n) is 5.58. The predicted molar refractivity (Wildman–Crippen MR) is 99.5 cm³/mol. The fraction of sp³-hybridized carbons (Fsp3) is 0.353. The Morgan fingerprint density at radius 2 is 2.25 bits per heavy atom. The number of carbonyl (C=O) groups excluding carboxylic acids is 1. The van der Waals surface area contributed by atoms with Crippen molar-refractivity contribution in [3.05, 3.63) is 48.0 Å². The van der Waals surface area contributed by atoms with Crippen LogP contribution < -0.4 is 5.32 Å². The number of anilines is 1. The average Bonchev–Trinajstić information content (AvgIpc) is 3.06. The van der Waals surface area contributed by atoms with Crippen LogP contribution >= 0.6 is 23.1 Å². The number of amides is 1. The first-order valence-corrected chi connectivity index (χ1v) is 9.57. The second-order valence-corrected chi connectivity index (χ2v) is 8.15. The lowest BCUT2D eigenvalue weighted by molar-refractivity contribution is -0.131. The van der Waals surface area contributed by atoms with E-state index >= 15 is 0 Å². The zero-order valence-electron chi connectivity index (χ0n) is 13.6. The van der Waals surface area contributed by atoms with Crippen LogP contribution in [0.5, 0.6) is 0 Å². The Morgan fingerprint density at radius 3 is 3.04 bits per heavy atom. The molecule has 24 heavy (non-hydrogen) atoms. The molecular weight excluding hydrogens is 340 g/mol. The van der Waals surface area contributed by atoms with E-state index in [1.807, 2.05) is 17.9 Å². The molecule has 0 unspecified atom stereocenters. The van der Waals surface area contributed by atoms with E-state index in [2.05, 4.69) is 40.3 Å². The highest BCUT2D eigenvalue weighted by Gasteiger charge is 2.26. The van der Waals surface area contributed by atoms with Crippen molar-refractivity contribution in [2.45, 2.75) is 29.5 Å². The molecule has 0 saturated carbocycles. The number of rotatable bonds is 6. The second kappa shape index (κ2) is 7.81. The number of hydrogen-bond donors (Lipinski definition) is 1. The minimum Gasteiger partial charge on any atom is -0.357 e. The molecule has 1 aromatic heterocycles. The summed E-state index contributed by atoms with van der Waals surface area (Å²) in [5.74, 6) is 0.158. The molecule has 0 radical (unpaired) electrons. The number of thioether (sulfide) groups is 1. The van der Waals surface area contributed by atoms with Crippen molar-refractivity contribution < 1.29 is 4.79 Å². The fourth-order valence-electron chi connectivity index (χ4n) is 2.63. The van der Waals surface area contributed by atoms with Gasteiger partial charge in [-0.3, -0.25) is 4.79 Å². The zero-order chi connectivity index (χ0) is 16.9. The molecule has 0 bridgehead atoms. The molecule has 2 heterocycles. The van der Waals surface area contributed by atoms with Crippen molar-refractivity contribution in [1.82, 2.24) is 15.1 Å². The van der Waals surface area contributed by atoms with E-state index < -0.39 is 0 Å². The Kier molecular flexibility index (Phi) is 5.52. The van der Waals surface area contributed by atoms with Crippen LogP contribution in [0.2, 0.25) is 0 Å². The summed E-state index contributed by atoms with van der Waals surface area (Å²) in [6.07, 6.45) is 2.70. The Labute approximate surface area is 150 Å². The highest BCUT2D eigenvalue weighted by Crippen LogP contribution is 2.30. The van der Waals surface area contributed by atoms with Crippen molar-refractivity contribution in [2.75, 3.05) is 18.4 Å². The summed E-state index contributed by atoms with van der Waals surface area (Å²) < 4.78 is 0.805. The number of carbonyl (C=O) groups is 1. The SMILES string of the molecule is C=CCNc1nnc(S[C@@H](C)C(=O)N2CCc3ccccc3C2)s1. The molecule has 0 aliphatic carbocycles. The maximum absolute atomic E-state index is 12.7. The van der Waals surface area contributed by atoms with Gasteiger partial charge in [-0.1, -0.05) is 53.4 Å². The van der Waals surface area contributed by atoms with Crippen LogP contribution in [0.25, 0.3) is 0 Å². The van der Waals surface area contributed by atoms with Crippen LogP contribution in [-0.4, -0.2) is 39.3 Å². The largest absolute Gasteiger partial charge is 0.357 e. The van der Waals surface area contributed by atoms with Gasteiger partial charge in [0.05, 0.1) is 5.25 Å². The van der Waals surface area contributed by atoms with Gasteiger partial charge in [0.2, 0.25) is 11.0 Å². The molecule has 1 N–H and O–H groups in total. The summed E-state index contributed by atoms with van der Waals surface area (Å²) >= 11 is 2.93. The maximum Gasteiger partial charge on any atom is 0.236 e. The summed E-state index contributed by atoms with van der Waals surface area (Å²) in [4.78, 5) is 14.7. The number of nitrogens with one attached hydrogen (secondary N) is 1. The Hall–Kier alpha value is -1.86. The third kappa shape index (κ3) is 3.96. The number of benzene rings is 1. The van der Waals surface area contributed by atoms with Gasteiger partial charge >= 0.3 is 0 Å². The van der Waals surface area contributed by atoms with Crippen LogP contribution in [0.3, 0.4) is 0 Å². The topological polar surface area (TPSA) is 58.1 Å². The molecule has 2 aromatic rings. The molecule has 7 heteroatoms. The van der Waals surface area contributed by atoms with Crippen molar-refractivity contribution in [3.8, 4) is 0 Å². The molecule has 1 aliphatic heterocycles. The molecule has 1 amide bonds. The van der Waals surface area contributed by atoms with Crippen LogP contribution in [0.15, 0.2) is 41.3 Å². The highest BCUT2D eigenvalue weighted by atomic mass is 32.2. The number of hydrogen-bond acceptors (Lipinski definition) is 6. The third-order valence-corrected chi connectivity index (χ3v) is 5.92. The summed E-state index contributed by atoms with van der Waals surface area (Å²) in [5, 5.41) is 11.9. The summed E-state index contributed by atoms with van der Waals surface area (Å²) in [6.45, 7) is 7.73. The first kappa shape index (κ1) is 17.0. The van der Waals surface area contributed by atoms with E-state index in [-0.39, 0.29) is 11.2 Å². The predicted octanol–water partition coefficient (Wildman–Crippen LogP) is 3.20. The van der Waals surface area contributed by atoms with E-state index in [1.165, 1.54) is 34.2 Å². The lowest BCUT2D eigenvalue weighted by atomic mass is 10.00. The summed E-state index contributed by atoms with van der Waals surface area (Å²) in [7, 11) is 0. The van der Waals surface area contributed by atoms with E-state index in [0.717, 1.165) is 22.4 Å². The van der Waals surface area contributed by atoms with Crippen molar-refractivity contribution in [3.63, 3.8) is 0 Å². The first-order valence-electron chi connectivity index (χ1n) is 7.88. The summed E-state index contributed by atoms with van der Waals surface area (Å²) in [6, 6.07) is 8.34. The molecule has 0 saturated heterocycles. The quantitative estimate of drug-likeness (QED) is 0.633. The first-order chi connectivity index (χ1) is 11.7. The van der Waals surface area contributed by atoms with E-state index in [9.17, 15) is 4.79 Å². The number of fused-ring (bicyclic) bond motifs is 1. The van der Waals surface area contributed by atoms with E-state index in [4.69, 9.17) is 0 Å². The Bertz CT molecular complexity index is 731. The smallest absolute Gasteiger partial charge is 0.236 e. The lowest BCUT2D eigenvalue weighted by Crippen LogP contribution is -2.40. The van der Waals surface area contributed by atoms with Gasteiger partial charge in [0.1, 0.15) is 0 Å². The monoisotopic (exact) mass is 360 g/mol. The summed E-state index contributed by atoms with van der Waals surface area (Å²) in [5.41, 5.74) is 2.60. The highest BCUT2D eigenvalue weighted by molar-refractivity contribution is 8.02. The molecule has 1 atom stereocenters. The molecule has 0 fully saturated rings. The van der Waals surface area contributed by atoms with Gasteiger partial charge in [-0.15, -0.1) is 16.8 Å². The molecule has 1 aliphatic rings. The lowest BCUT2D eigenvalue weighted by Gasteiger charge is -2.30. The van der Waals surface area contributed by atoms with Gasteiger partial charge < -0.3 is 10.2 Å². The molecule has 5 nitrogen and oxygen atoms in total. The Morgan fingerprint density at radius 1 is 1.46 bits per heavy atom. The zero-order valence-corrected chi connectivity index (χ0v) is 15.2. The van der Waals surface area contributed by atoms with Crippen LogP contribution in [0.4, 0.5) is 5.13 Å². The van der Waals surface area contributed by atoms with Crippen molar-refractivity contribution in [1.29, 1.82) is 0 Å². The van der Waals surface area contributed by atoms with Crippen LogP contribution in [-0.2, 0) is 17.8 Å². The molecule has 126 valence electrons. The van der Waals surface area contributed by atoms with Gasteiger partial charge in [0.25, 0.3) is 0 Å². The number of aromatic nitrogens is 2. The molecule has 3 rings (SSSR count). The number of nitrogens with zero attached hydrogens (tertiary/aromatic N) is 3. The Balaban J connectivity index is 1.59. The van der Waals surface area contributed by atoms with E-state index in [0.29, 0.717) is 13.1 Å². The molecule has 0 spiro atoms. The van der Waals surface area contributed by atoms with Gasteiger partial charge in [0.15, 0.2) is 4.34 Å². The standard InChI is InChI=1S/C17H20N4OS2/c1-3-9-18-16-19-20-17(24-16)23-12(2)15(22)21-10-8-13-6-4-5-7-14(13)11-21/h3-7,12H,1,8-11H2,2H3,(H,18,19)/t12-/m0/s1.